The Morgan fingerprint density at radius 1 is 1.23 bits per heavy atom. The van der Waals surface area contributed by atoms with Crippen LogP contribution in [0.4, 0.5) is 5.69 Å². The van der Waals surface area contributed by atoms with Crippen molar-refractivity contribution in [2.45, 2.75) is 31.8 Å². The van der Waals surface area contributed by atoms with Crippen LogP contribution in [0, 0.1) is 11.8 Å². The van der Waals surface area contributed by atoms with Gasteiger partial charge in [0.05, 0.1) is 6.10 Å². The van der Waals surface area contributed by atoms with Crippen molar-refractivity contribution in [2.24, 2.45) is 11.8 Å². The number of amides is 2. The summed E-state index contributed by atoms with van der Waals surface area (Å²) in [6, 6.07) is 6.92. The quantitative estimate of drug-likeness (QED) is 0.843. The molecule has 2 fully saturated rings. The molecule has 0 aliphatic heterocycles. The summed E-state index contributed by atoms with van der Waals surface area (Å²) in [7, 11) is 1.71. The van der Waals surface area contributed by atoms with Crippen molar-refractivity contribution in [3.8, 4) is 0 Å². The van der Waals surface area contributed by atoms with Gasteiger partial charge in [-0.3, -0.25) is 9.59 Å². The molecule has 0 saturated heterocycles. The maximum atomic E-state index is 12.3. The van der Waals surface area contributed by atoms with E-state index in [0.717, 1.165) is 25.7 Å². The Balaban J connectivity index is 1.56. The van der Waals surface area contributed by atoms with E-state index in [4.69, 9.17) is 0 Å². The van der Waals surface area contributed by atoms with Crippen LogP contribution in [0.1, 0.15) is 36.0 Å². The number of nitrogens with one attached hydrogen (secondary N) is 1. The van der Waals surface area contributed by atoms with Gasteiger partial charge in [-0.1, -0.05) is 0 Å². The van der Waals surface area contributed by atoms with Crippen LogP contribution in [-0.4, -0.2) is 41.5 Å². The van der Waals surface area contributed by atoms with Gasteiger partial charge in [0.2, 0.25) is 5.91 Å². The predicted octanol–water partition coefficient (Wildman–Crippen LogP) is 1.88. The molecule has 0 bridgehead atoms. The Labute approximate surface area is 130 Å². The lowest BCUT2D eigenvalue weighted by molar-refractivity contribution is -0.117. The number of aliphatic hydroxyl groups excluding tert-OH is 1. The van der Waals surface area contributed by atoms with Crippen LogP contribution in [0.5, 0.6) is 0 Å². The maximum absolute atomic E-state index is 12.3. The van der Waals surface area contributed by atoms with Crippen molar-refractivity contribution < 1.29 is 14.7 Å². The van der Waals surface area contributed by atoms with Crippen LogP contribution in [0.3, 0.4) is 0 Å². The van der Waals surface area contributed by atoms with E-state index >= 15 is 0 Å². The summed E-state index contributed by atoms with van der Waals surface area (Å²) in [5.74, 6) is 0.468. The van der Waals surface area contributed by atoms with Crippen LogP contribution in [0.2, 0.25) is 0 Å². The highest BCUT2D eigenvalue weighted by Gasteiger charge is 2.31. The lowest BCUT2D eigenvalue weighted by Crippen LogP contribution is -2.35. The van der Waals surface area contributed by atoms with Gasteiger partial charge >= 0.3 is 0 Å². The summed E-state index contributed by atoms with van der Waals surface area (Å²) in [4.78, 5) is 25.5. The number of anilines is 1. The van der Waals surface area contributed by atoms with E-state index in [1.807, 2.05) is 0 Å². The van der Waals surface area contributed by atoms with Gasteiger partial charge in [0, 0.05) is 30.8 Å². The molecule has 2 aliphatic rings. The second-order valence-corrected chi connectivity index (χ2v) is 6.43. The van der Waals surface area contributed by atoms with E-state index in [9.17, 15) is 14.7 Å². The Morgan fingerprint density at radius 2 is 1.86 bits per heavy atom. The van der Waals surface area contributed by atoms with Gasteiger partial charge in [0.15, 0.2) is 0 Å². The topological polar surface area (TPSA) is 69.6 Å². The van der Waals surface area contributed by atoms with E-state index in [-0.39, 0.29) is 17.7 Å². The standard InChI is InChI=1S/C17H22N2O3/c1-19(10-15(20)11-2-3-11)17(22)13-6-8-14(9-7-13)18-16(21)12-4-5-12/h6-9,11-12,15,20H,2-5,10H2,1H3,(H,18,21). The zero-order chi connectivity index (χ0) is 15.7. The van der Waals surface area contributed by atoms with Crippen molar-refractivity contribution in [3.63, 3.8) is 0 Å². The molecule has 5 nitrogen and oxygen atoms in total. The molecule has 0 aromatic heterocycles. The van der Waals surface area contributed by atoms with Gasteiger partial charge in [0.1, 0.15) is 0 Å². The molecule has 5 heteroatoms. The van der Waals surface area contributed by atoms with Gasteiger partial charge in [-0.25, -0.2) is 0 Å². The van der Waals surface area contributed by atoms with Gasteiger partial charge in [-0.05, 0) is 55.9 Å². The highest BCUT2D eigenvalue weighted by atomic mass is 16.3. The molecule has 2 amide bonds. The smallest absolute Gasteiger partial charge is 0.253 e. The van der Waals surface area contributed by atoms with Crippen LogP contribution in [0.15, 0.2) is 24.3 Å². The molecule has 0 spiro atoms. The molecule has 118 valence electrons. The summed E-state index contributed by atoms with van der Waals surface area (Å²) in [6.07, 6.45) is 3.62. The van der Waals surface area contributed by atoms with Crippen LogP contribution >= 0.6 is 0 Å². The number of hydrogen-bond donors (Lipinski definition) is 2. The number of hydrogen-bond acceptors (Lipinski definition) is 3. The Hall–Kier alpha value is -1.88. The number of carbonyl (C=O) groups is 2. The summed E-state index contributed by atoms with van der Waals surface area (Å²) < 4.78 is 0. The minimum atomic E-state index is -0.425. The summed E-state index contributed by atoms with van der Waals surface area (Å²) >= 11 is 0. The second kappa shape index (κ2) is 6.08. The normalized spacial score (nSPS) is 18.6. The molecule has 0 heterocycles. The Morgan fingerprint density at radius 3 is 2.41 bits per heavy atom. The average molecular weight is 302 g/mol. The van der Waals surface area contributed by atoms with Gasteiger partial charge in [-0.2, -0.15) is 0 Å². The molecular formula is C17H22N2O3. The first-order chi connectivity index (χ1) is 10.5. The molecule has 0 radical (unpaired) electrons. The third-order valence-corrected chi connectivity index (χ3v) is 4.32. The molecule has 3 rings (SSSR count). The molecule has 2 N–H and O–H groups in total. The second-order valence-electron chi connectivity index (χ2n) is 6.43. The maximum Gasteiger partial charge on any atom is 0.253 e. The number of carbonyl (C=O) groups excluding carboxylic acids is 2. The highest BCUT2D eigenvalue weighted by molar-refractivity contribution is 5.96. The first-order valence-corrected chi connectivity index (χ1v) is 7.89. The molecule has 22 heavy (non-hydrogen) atoms. The lowest BCUT2D eigenvalue weighted by atomic mass is 10.1. The minimum Gasteiger partial charge on any atom is -0.391 e. The molecule has 1 unspecified atom stereocenters. The van der Waals surface area contributed by atoms with Crippen molar-refractivity contribution in [2.75, 3.05) is 18.9 Å². The fourth-order valence-electron chi connectivity index (χ4n) is 2.50. The van der Waals surface area contributed by atoms with Gasteiger partial charge < -0.3 is 15.3 Å². The Kier molecular flexibility index (Phi) is 4.16. The van der Waals surface area contributed by atoms with Gasteiger partial charge in [0.25, 0.3) is 5.91 Å². The lowest BCUT2D eigenvalue weighted by Gasteiger charge is -2.21. The zero-order valence-electron chi connectivity index (χ0n) is 12.8. The number of benzene rings is 1. The van der Waals surface area contributed by atoms with Gasteiger partial charge in [-0.15, -0.1) is 0 Å². The number of likely N-dealkylation sites (N-methyl/N-ethyl adjacent to an activating group) is 1. The van der Waals surface area contributed by atoms with Crippen molar-refractivity contribution in [1.82, 2.24) is 4.90 Å². The van der Waals surface area contributed by atoms with Crippen molar-refractivity contribution in [3.05, 3.63) is 29.8 Å². The van der Waals surface area contributed by atoms with Crippen LogP contribution in [0.25, 0.3) is 0 Å². The summed E-state index contributed by atoms with van der Waals surface area (Å²) in [5, 5.41) is 12.8. The number of aliphatic hydroxyl groups is 1. The predicted molar refractivity (Wildman–Crippen MR) is 83.5 cm³/mol. The highest BCUT2D eigenvalue weighted by Crippen LogP contribution is 2.33. The molecule has 1 aromatic carbocycles. The monoisotopic (exact) mass is 302 g/mol. The third-order valence-electron chi connectivity index (χ3n) is 4.32. The van der Waals surface area contributed by atoms with E-state index < -0.39 is 6.10 Å². The zero-order valence-corrected chi connectivity index (χ0v) is 12.8. The minimum absolute atomic E-state index is 0.0590. The van der Waals surface area contributed by atoms with Crippen LogP contribution in [-0.2, 0) is 4.79 Å². The molecule has 2 saturated carbocycles. The fourth-order valence-corrected chi connectivity index (χ4v) is 2.50. The summed E-state index contributed by atoms with van der Waals surface area (Å²) in [6.45, 7) is 0.365. The molecule has 1 atom stereocenters. The van der Waals surface area contributed by atoms with E-state index in [1.54, 1.807) is 36.2 Å². The van der Waals surface area contributed by atoms with Crippen molar-refractivity contribution in [1.29, 1.82) is 0 Å². The molecular weight excluding hydrogens is 280 g/mol. The van der Waals surface area contributed by atoms with Crippen LogP contribution < -0.4 is 5.32 Å². The van der Waals surface area contributed by atoms with E-state index in [0.29, 0.717) is 23.7 Å². The number of nitrogens with zero attached hydrogens (tertiary/aromatic N) is 1. The number of rotatable bonds is 6. The molecule has 1 aromatic rings. The van der Waals surface area contributed by atoms with E-state index in [1.165, 1.54) is 0 Å². The fraction of sp³-hybridized carbons (Fsp3) is 0.529. The largest absolute Gasteiger partial charge is 0.391 e. The van der Waals surface area contributed by atoms with Crippen molar-refractivity contribution >= 4 is 17.5 Å². The third kappa shape index (κ3) is 3.65. The Bertz CT molecular complexity index is 562. The SMILES string of the molecule is CN(CC(O)C1CC1)C(=O)c1ccc(NC(=O)C2CC2)cc1. The summed E-state index contributed by atoms with van der Waals surface area (Å²) in [5.41, 5.74) is 1.28. The first kappa shape index (κ1) is 15.0. The molecule has 2 aliphatic carbocycles. The van der Waals surface area contributed by atoms with E-state index in [2.05, 4.69) is 5.32 Å². The average Bonchev–Trinajstić information content (AvgIpc) is 3.40. The first-order valence-electron chi connectivity index (χ1n) is 7.89.